The molecule has 6 nitrogen and oxygen atoms in total. The summed E-state index contributed by atoms with van der Waals surface area (Å²) in [6.07, 6.45) is 0.606. The molecule has 0 N–H and O–H groups in total. The van der Waals surface area contributed by atoms with Gasteiger partial charge in [0.05, 0.1) is 22.0 Å². The summed E-state index contributed by atoms with van der Waals surface area (Å²) in [5.41, 5.74) is 13.5. The first-order chi connectivity index (χ1) is 44.6. The SMILES string of the molecule is CC#CC#CC#CC#CC#CC#CC#CC1(C)c2cc3c(cc2-c2sc(C)cc21)C(C)(C#CC#CC#CC#CC#CC#CC#CC)c1cc(-c2ccc(-c4cc5c6c(c(C)cc7c6c4C(=O)N(CCC#C[Si](C)(C)C)C7=O)C(=O)N(CCC#C[Si](C)(C)C)C5=O)s2)sc1-3. The number of thiophene rings is 3. The molecule has 3 aromatic heterocycles. The molecule has 0 saturated carbocycles. The molecule has 2 aliphatic carbocycles. The van der Waals surface area contributed by atoms with Crippen LogP contribution in [0.25, 0.3) is 51.8 Å². The highest BCUT2D eigenvalue weighted by atomic mass is 32.1. The number of carbonyl (C=O) groups is 4. The van der Waals surface area contributed by atoms with Crippen molar-refractivity contribution in [1.29, 1.82) is 0 Å². The van der Waals surface area contributed by atoms with E-state index in [0.29, 0.717) is 45.2 Å². The van der Waals surface area contributed by atoms with Gasteiger partial charge < -0.3 is 0 Å². The van der Waals surface area contributed by atoms with Gasteiger partial charge in [-0.15, -0.1) is 56.9 Å². The molecule has 0 bridgehead atoms. The zero-order chi connectivity index (χ0) is 66.2. The van der Waals surface area contributed by atoms with Gasteiger partial charge in [0.1, 0.15) is 16.1 Å². The smallest absolute Gasteiger partial charge is 0.262 e. The number of imide groups is 2. The fourth-order valence-corrected chi connectivity index (χ4v) is 16.0. The third-order valence-electron chi connectivity index (χ3n) is 15.1. The second kappa shape index (κ2) is 27.0. The molecular weight excluding hydrogens is 1230 g/mol. The lowest BCUT2D eigenvalue weighted by Crippen LogP contribution is -2.44. The number of carbonyl (C=O) groups excluding carboxylic acids is 4. The minimum absolute atomic E-state index is 0.0738. The van der Waals surface area contributed by atoms with Gasteiger partial charge in [-0.1, -0.05) is 63.0 Å². The van der Waals surface area contributed by atoms with Gasteiger partial charge in [0.2, 0.25) is 0 Å². The molecule has 2 unspecified atom stereocenters. The average Bonchev–Trinajstić information content (AvgIpc) is 1.69. The van der Waals surface area contributed by atoms with E-state index in [-0.39, 0.29) is 29.8 Å². The first-order valence-electron chi connectivity index (χ1n) is 29.4. The van der Waals surface area contributed by atoms with Crippen LogP contribution in [0.4, 0.5) is 0 Å². The van der Waals surface area contributed by atoms with Gasteiger partial charge in [0.25, 0.3) is 23.6 Å². The predicted molar refractivity (Wildman–Crippen MR) is 384 cm³/mol. The highest BCUT2D eigenvalue weighted by Crippen LogP contribution is 2.60. The number of benzene rings is 3. The van der Waals surface area contributed by atoms with Gasteiger partial charge in [-0.05, 0) is 271 Å². The first kappa shape index (κ1) is 64.7. The Bertz CT molecular complexity index is 5550. The summed E-state index contributed by atoms with van der Waals surface area (Å²) in [7, 11) is -3.50. The van der Waals surface area contributed by atoms with Crippen molar-refractivity contribution in [2.45, 2.75) is 104 Å². The summed E-state index contributed by atoms with van der Waals surface area (Å²) in [5.74, 6) is 82.5. The zero-order valence-electron chi connectivity index (χ0n) is 53.2. The van der Waals surface area contributed by atoms with Crippen molar-refractivity contribution in [1.82, 2.24) is 9.80 Å². The Morgan fingerprint density at radius 1 is 0.398 bits per heavy atom. The molecule has 4 aliphatic rings. The van der Waals surface area contributed by atoms with Crippen molar-refractivity contribution < 1.29 is 19.2 Å². The maximum atomic E-state index is 15.3. The molecule has 93 heavy (non-hydrogen) atoms. The zero-order valence-corrected chi connectivity index (χ0v) is 57.6. The molecule has 5 heterocycles. The van der Waals surface area contributed by atoms with E-state index in [1.165, 1.54) is 21.1 Å². The molecule has 2 atom stereocenters. The van der Waals surface area contributed by atoms with Crippen LogP contribution in [0.2, 0.25) is 39.3 Å². The standard InChI is InChI=1S/C82H52N2O4S3Si2/c1-13-15-17-19-21-23-25-27-29-31-33-35-37-45-81(5)64-55-60-65(54-59(64)75-66(81)52-58(4)89-75)82(6,46-38-36-34-32-30-28-26-24-22-20-18-16-14-2)67-56-70(91-76(60)67)69-44-43-68(90-69)61-53-63-72-71(79(87)83(78(63)86)47-39-41-49-92(7,8)9)57(3)51-62-73(72)74(61)80(88)84(77(62)85)48-40-42-50-93(10,11)12/h43-44,51-56H,39-40,47-48H2,1-12H3. The van der Waals surface area contributed by atoms with Crippen LogP contribution in [0.5, 0.6) is 0 Å². The lowest BCUT2D eigenvalue weighted by atomic mass is 9.77. The van der Waals surface area contributed by atoms with Crippen LogP contribution in [-0.4, -0.2) is 62.7 Å². The first-order valence-corrected chi connectivity index (χ1v) is 38.8. The summed E-state index contributed by atoms with van der Waals surface area (Å²) in [6, 6.07) is 16.4. The van der Waals surface area contributed by atoms with E-state index in [9.17, 15) is 14.4 Å². The van der Waals surface area contributed by atoms with E-state index >= 15 is 4.79 Å². The third kappa shape index (κ3) is 13.3. The van der Waals surface area contributed by atoms with Crippen molar-refractivity contribution in [2.24, 2.45) is 0 Å². The van der Waals surface area contributed by atoms with Crippen molar-refractivity contribution in [3.8, 4) is 230 Å². The highest BCUT2D eigenvalue weighted by Gasteiger charge is 2.47. The minimum Gasteiger partial charge on any atom is -0.273 e. The van der Waals surface area contributed by atoms with E-state index in [4.69, 9.17) is 0 Å². The van der Waals surface area contributed by atoms with Gasteiger partial charge in [-0.2, -0.15) is 0 Å². The number of rotatable bonds is 6. The van der Waals surface area contributed by atoms with Crippen LogP contribution in [-0.2, 0) is 10.8 Å². The Balaban J connectivity index is 1.09. The number of fused-ring (bicyclic) bond motifs is 6. The maximum Gasteiger partial charge on any atom is 0.262 e. The van der Waals surface area contributed by atoms with E-state index in [2.05, 4.69) is 273 Å². The molecular formula is C82H52N2O4S3Si2. The normalized spacial score (nSPS) is 14.7. The molecule has 0 spiro atoms. The van der Waals surface area contributed by atoms with Crippen LogP contribution in [0, 0.1) is 203 Å². The Labute approximate surface area is 560 Å². The van der Waals surface area contributed by atoms with Gasteiger partial charge in [0.15, 0.2) is 0 Å². The molecule has 10 rings (SSSR count). The molecule has 440 valence electrons. The Hall–Kier alpha value is -11.3. The highest BCUT2D eigenvalue weighted by molar-refractivity contribution is 7.25. The lowest BCUT2D eigenvalue weighted by molar-refractivity contribution is 0.0592. The molecule has 6 aromatic rings. The van der Waals surface area contributed by atoms with Crippen molar-refractivity contribution >= 4 is 84.6 Å². The van der Waals surface area contributed by atoms with Gasteiger partial charge >= 0.3 is 0 Å². The van der Waals surface area contributed by atoms with Crippen LogP contribution >= 0.6 is 34.0 Å². The largest absolute Gasteiger partial charge is 0.273 e. The molecule has 0 fully saturated rings. The van der Waals surface area contributed by atoms with E-state index in [0.717, 1.165) is 57.8 Å². The molecule has 2 aliphatic heterocycles. The monoisotopic (exact) mass is 1280 g/mol. The number of hydrogen-bond acceptors (Lipinski definition) is 7. The number of amides is 4. The average molecular weight is 1280 g/mol. The van der Waals surface area contributed by atoms with E-state index in [1.54, 1.807) is 55.6 Å². The number of aryl methyl sites for hydroxylation is 2. The number of hydrogen-bond donors (Lipinski definition) is 0. The van der Waals surface area contributed by atoms with E-state index < -0.39 is 50.6 Å². The third-order valence-corrected chi connectivity index (χ3v) is 20.5. The topological polar surface area (TPSA) is 74.8 Å². The second-order valence-corrected chi connectivity index (χ2v) is 36.8. The predicted octanol–water partition coefficient (Wildman–Crippen LogP) is 13.4. The maximum absolute atomic E-state index is 15.3. The van der Waals surface area contributed by atoms with Crippen molar-refractivity contribution in [3.05, 3.63) is 103 Å². The summed E-state index contributed by atoms with van der Waals surface area (Å²) in [6.45, 7) is 24.6. The molecule has 0 saturated heterocycles. The second-order valence-electron chi connectivity index (χ2n) is 23.9. The molecule has 4 amide bonds. The van der Waals surface area contributed by atoms with Crippen LogP contribution in [0.3, 0.4) is 0 Å². The van der Waals surface area contributed by atoms with Crippen LogP contribution in [0.1, 0.15) is 115 Å². The Morgan fingerprint density at radius 3 is 1.26 bits per heavy atom. The number of nitrogens with zero attached hydrogens (tertiary/aromatic N) is 2. The van der Waals surface area contributed by atoms with E-state index in [1.807, 2.05) is 12.1 Å². The summed E-state index contributed by atoms with van der Waals surface area (Å²) >= 11 is 4.84. The van der Waals surface area contributed by atoms with Crippen LogP contribution < -0.4 is 0 Å². The minimum atomic E-state index is -1.76. The Kier molecular flexibility index (Phi) is 18.8. The molecule has 11 heteroatoms. The van der Waals surface area contributed by atoms with Gasteiger partial charge in [-0.25, -0.2) is 0 Å². The lowest BCUT2D eigenvalue weighted by Gasteiger charge is -2.33. The Morgan fingerprint density at radius 2 is 0.796 bits per heavy atom. The molecule has 0 radical (unpaired) electrons. The van der Waals surface area contributed by atoms with Gasteiger partial charge in [-0.3, -0.25) is 29.0 Å². The van der Waals surface area contributed by atoms with Crippen molar-refractivity contribution in [3.63, 3.8) is 0 Å². The summed E-state index contributed by atoms with van der Waals surface area (Å²) in [4.78, 5) is 67.9. The quantitative estimate of drug-likeness (QED) is 0.0946. The van der Waals surface area contributed by atoms with Gasteiger partial charge in [0, 0.05) is 82.7 Å². The molecule has 3 aromatic carbocycles. The summed E-state index contributed by atoms with van der Waals surface area (Å²) in [5, 5.41) is 0.645. The van der Waals surface area contributed by atoms with Crippen LogP contribution in [0.15, 0.2) is 48.5 Å². The fraction of sp³-hybridized carbons (Fsp3) is 0.220. The summed E-state index contributed by atoms with van der Waals surface area (Å²) < 4.78 is 0. The fourth-order valence-electron chi connectivity index (χ4n) is 11.2. The van der Waals surface area contributed by atoms with Crippen molar-refractivity contribution in [2.75, 3.05) is 13.1 Å².